The van der Waals surface area contributed by atoms with Crippen molar-refractivity contribution in [2.24, 2.45) is 0 Å². The SMILES string of the molecule is S=C1C(=S)C(=S)C(Br)C(=S)C1=S. The van der Waals surface area contributed by atoms with Crippen LogP contribution in [0.1, 0.15) is 0 Å². The molecule has 0 nitrogen and oxygen atoms in total. The third-order valence-corrected chi connectivity index (χ3v) is 5.50. The molecule has 0 saturated heterocycles. The van der Waals surface area contributed by atoms with E-state index in [4.69, 9.17) is 61.1 Å². The van der Waals surface area contributed by atoms with Crippen molar-refractivity contribution in [3.8, 4) is 0 Å². The van der Waals surface area contributed by atoms with Gasteiger partial charge in [-0.25, -0.2) is 0 Å². The molecule has 0 unspecified atom stereocenters. The summed E-state index contributed by atoms with van der Waals surface area (Å²) in [6.07, 6.45) is 0. The minimum absolute atomic E-state index is 0.186. The quantitative estimate of drug-likeness (QED) is 0.496. The Morgan fingerprint density at radius 2 is 1.08 bits per heavy atom. The van der Waals surface area contributed by atoms with Crippen LogP contribution in [0.15, 0.2) is 0 Å². The number of thiocarbonyl (C=S) groups is 5. The summed E-state index contributed by atoms with van der Waals surface area (Å²) in [5, 5.41) is 0. The summed E-state index contributed by atoms with van der Waals surface area (Å²) in [5.74, 6) is 0. The Morgan fingerprint density at radius 3 is 1.42 bits per heavy atom. The van der Waals surface area contributed by atoms with E-state index in [2.05, 4.69) is 15.9 Å². The summed E-state index contributed by atoms with van der Waals surface area (Å²) in [5.41, 5.74) is 0. The van der Waals surface area contributed by atoms with Crippen molar-refractivity contribution >= 4 is 101 Å². The summed E-state index contributed by atoms with van der Waals surface area (Å²) < 4.78 is 0. The summed E-state index contributed by atoms with van der Waals surface area (Å²) >= 11 is 28.4. The molecule has 0 heterocycles. The van der Waals surface area contributed by atoms with E-state index >= 15 is 0 Å². The lowest BCUT2D eigenvalue weighted by Gasteiger charge is -2.21. The first-order valence-electron chi connectivity index (χ1n) is 2.82. The molecule has 0 aromatic heterocycles. The average Bonchev–Trinajstić information content (AvgIpc) is 2.08. The monoisotopic (exact) mass is 312 g/mol. The molecular weight excluding hydrogens is 312 g/mol. The van der Waals surface area contributed by atoms with Crippen LogP contribution in [0.5, 0.6) is 0 Å². The van der Waals surface area contributed by atoms with Crippen molar-refractivity contribution in [3.05, 3.63) is 0 Å². The van der Waals surface area contributed by atoms with E-state index in [0.29, 0.717) is 24.3 Å². The van der Waals surface area contributed by atoms with E-state index in [1.807, 2.05) is 0 Å². The van der Waals surface area contributed by atoms with Crippen molar-refractivity contribution in [3.63, 3.8) is 0 Å². The lowest BCUT2D eigenvalue weighted by atomic mass is 9.99. The molecule has 12 heavy (non-hydrogen) atoms. The van der Waals surface area contributed by atoms with E-state index in [-0.39, 0.29) is 4.83 Å². The first kappa shape index (κ1) is 11.0. The van der Waals surface area contributed by atoms with Gasteiger partial charge in [-0.3, -0.25) is 0 Å². The normalized spacial score (nSPS) is 20.6. The zero-order chi connectivity index (χ0) is 9.46. The number of hydrogen-bond acceptors (Lipinski definition) is 5. The fourth-order valence-electron chi connectivity index (χ4n) is 0.676. The fourth-order valence-corrected chi connectivity index (χ4v) is 2.81. The molecule has 1 aliphatic rings. The van der Waals surface area contributed by atoms with Crippen molar-refractivity contribution in [1.29, 1.82) is 0 Å². The van der Waals surface area contributed by atoms with Gasteiger partial charge in [-0.2, -0.15) is 0 Å². The largest absolute Gasteiger partial charge is 0.0877 e. The van der Waals surface area contributed by atoms with Crippen molar-refractivity contribution in [1.82, 2.24) is 0 Å². The van der Waals surface area contributed by atoms with Gasteiger partial charge in [0.25, 0.3) is 0 Å². The van der Waals surface area contributed by atoms with E-state index in [0.717, 1.165) is 0 Å². The second kappa shape index (κ2) is 3.98. The van der Waals surface area contributed by atoms with Crippen LogP contribution < -0.4 is 0 Å². The van der Waals surface area contributed by atoms with Crippen molar-refractivity contribution < 1.29 is 0 Å². The van der Waals surface area contributed by atoms with Crippen LogP contribution >= 0.6 is 77.0 Å². The molecule has 0 N–H and O–H groups in total. The second-order valence-corrected chi connectivity index (χ2v) is 5.10. The Labute approximate surface area is 105 Å². The summed E-state index contributed by atoms with van der Waals surface area (Å²) in [7, 11) is 0. The Hall–Kier alpha value is 0.930. The van der Waals surface area contributed by atoms with Crippen LogP contribution in [0.3, 0.4) is 0 Å². The molecule has 1 aliphatic carbocycles. The van der Waals surface area contributed by atoms with Gasteiger partial charge in [0.1, 0.15) is 0 Å². The predicted molar refractivity (Wildman–Crippen MR) is 75.7 cm³/mol. The van der Waals surface area contributed by atoms with Gasteiger partial charge in [0, 0.05) is 0 Å². The highest BCUT2D eigenvalue weighted by Gasteiger charge is 2.32. The van der Waals surface area contributed by atoms with Gasteiger partial charge >= 0.3 is 0 Å². The summed E-state index contributed by atoms with van der Waals surface area (Å²) in [6, 6.07) is 0. The Morgan fingerprint density at radius 1 is 0.750 bits per heavy atom. The van der Waals surface area contributed by atoms with E-state index < -0.39 is 0 Å². The van der Waals surface area contributed by atoms with E-state index in [9.17, 15) is 0 Å². The van der Waals surface area contributed by atoms with Gasteiger partial charge in [-0.1, -0.05) is 77.0 Å². The van der Waals surface area contributed by atoms with Crippen molar-refractivity contribution in [2.75, 3.05) is 0 Å². The topological polar surface area (TPSA) is 0 Å². The van der Waals surface area contributed by atoms with Crippen molar-refractivity contribution in [2.45, 2.75) is 4.83 Å². The Balaban J connectivity index is 3.16. The molecule has 0 aromatic carbocycles. The molecular formula is C6HBrS5. The highest BCUT2D eigenvalue weighted by atomic mass is 79.9. The van der Waals surface area contributed by atoms with Gasteiger partial charge in [0.05, 0.1) is 29.2 Å². The smallest absolute Gasteiger partial charge is 0.0816 e. The van der Waals surface area contributed by atoms with Crippen LogP contribution in [0.25, 0.3) is 0 Å². The van der Waals surface area contributed by atoms with Crippen LogP contribution in [-0.4, -0.2) is 29.2 Å². The van der Waals surface area contributed by atoms with Crippen LogP contribution in [-0.2, 0) is 0 Å². The summed E-state index contributed by atoms with van der Waals surface area (Å²) in [6.45, 7) is 0. The molecule has 0 aromatic rings. The third kappa shape index (κ3) is 1.73. The standard InChI is InChI=1S/C6HBrS5/c7-1-2(8)4(10)6(12)5(11)3(1)9/h1H. The maximum atomic E-state index is 5.04. The number of halogens is 1. The Bertz CT molecular complexity index is 299. The number of alkyl halides is 1. The average molecular weight is 313 g/mol. The first-order valence-corrected chi connectivity index (χ1v) is 5.77. The van der Waals surface area contributed by atoms with Crippen LogP contribution in [0.2, 0.25) is 0 Å². The molecule has 0 amide bonds. The number of rotatable bonds is 0. The molecule has 1 rings (SSSR count). The number of hydrogen-bond donors (Lipinski definition) is 0. The third-order valence-electron chi connectivity index (χ3n) is 1.32. The highest BCUT2D eigenvalue weighted by molar-refractivity contribution is 9.10. The highest BCUT2D eigenvalue weighted by Crippen LogP contribution is 2.17. The maximum Gasteiger partial charge on any atom is 0.0877 e. The molecule has 6 heteroatoms. The summed E-state index contributed by atoms with van der Waals surface area (Å²) in [4.78, 5) is 2.39. The molecule has 0 aliphatic heterocycles. The van der Waals surface area contributed by atoms with Gasteiger partial charge in [0.2, 0.25) is 0 Å². The lowest BCUT2D eigenvalue weighted by molar-refractivity contribution is 1.84. The molecule has 1 fully saturated rings. The molecule has 62 valence electrons. The van der Waals surface area contributed by atoms with Gasteiger partial charge in [-0.15, -0.1) is 0 Å². The fraction of sp³-hybridized carbons (Fsp3) is 0.167. The zero-order valence-corrected chi connectivity index (χ0v) is 11.2. The lowest BCUT2D eigenvalue weighted by Crippen LogP contribution is -2.45. The van der Waals surface area contributed by atoms with E-state index in [1.54, 1.807) is 0 Å². The van der Waals surface area contributed by atoms with E-state index in [1.165, 1.54) is 0 Å². The maximum absolute atomic E-state index is 5.04. The zero-order valence-electron chi connectivity index (χ0n) is 5.50. The molecule has 1 saturated carbocycles. The molecule has 0 spiro atoms. The minimum atomic E-state index is -0.186. The van der Waals surface area contributed by atoms with Gasteiger partial charge in [0.15, 0.2) is 0 Å². The second-order valence-electron chi connectivity index (χ2n) is 2.08. The van der Waals surface area contributed by atoms with Crippen LogP contribution in [0.4, 0.5) is 0 Å². The van der Waals surface area contributed by atoms with Gasteiger partial charge < -0.3 is 0 Å². The molecule has 0 radical (unpaired) electrons. The minimum Gasteiger partial charge on any atom is -0.0816 e. The molecule has 0 atom stereocenters. The predicted octanol–water partition coefficient (Wildman–Crippen LogP) is 2.61. The Kier molecular flexibility index (Phi) is 3.65. The van der Waals surface area contributed by atoms with Crippen LogP contribution in [0, 0.1) is 0 Å². The van der Waals surface area contributed by atoms with Gasteiger partial charge in [-0.05, 0) is 0 Å². The molecule has 0 bridgehead atoms. The first-order chi connectivity index (χ1) is 5.46.